The van der Waals surface area contributed by atoms with E-state index in [1.165, 1.54) is 23.0 Å². The van der Waals surface area contributed by atoms with E-state index in [0.717, 1.165) is 10.1 Å². The van der Waals surface area contributed by atoms with Gasteiger partial charge in [0, 0.05) is 19.2 Å². The third kappa shape index (κ3) is 4.09. The number of benzene rings is 2. The number of likely N-dealkylation sites (N-methyl/N-ethyl adjacent to an activating group) is 1. The predicted molar refractivity (Wildman–Crippen MR) is 126 cm³/mol. The van der Waals surface area contributed by atoms with E-state index < -0.39 is 11.2 Å². The number of hydrogen-bond donors (Lipinski definition) is 0. The second-order valence-electron chi connectivity index (χ2n) is 7.24. The number of rotatable bonds is 7. The van der Waals surface area contributed by atoms with Gasteiger partial charge in [0.1, 0.15) is 17.0 Å². The molecule has 0 fully saturated rings. The molecule has 0 saturated heterocycles. The van der Waals surface area contributed by atoms with Crippen molar-refractivity contribution < 1.29 is 9.53 Å². The molecule has 7 nitrogen and oxygen atoms in total. The summed E-state index contributed by atoms with van der Waals surface area (Å²) in [7, 11) is 1.52. The fourth-order valence-electron chi connectivity index (χ4n) is 3.63. The third-order valence-corrected chi connectivity index (χ3v) is 6.20. The van der Waals surface area contributed by atoms with Crippen LogP contribution in [0.5, 0.6) is 5.75 Å². The summed E-state index contributed by atoms with van der Waals surface area (Å²) in [4.78, 5) is 41.4. The average Bonchev–Trinajstić information content (AvgIpc) is 3.31. The maximum absolute atomic E-state index is 13.4. The zero-order valence-electron chi connectivity index (χ0n) is 17.9. The third-order valence-electron chi connectivity index (χ3n) is 5.31. The van der Waals surface area contributed by atoms with Crippen LogP contribution in [-0.2, 0) is 17.9 Å². The van der Waals surface area contributed by atoms with Crippen molar-refractivity contribution >= 4 is 27.5 Å². The predicted octanol–water partition coefficient (Wildman–Crippen LogP) is 3.27. The highest BCUT2D eigenvalue weighted by Crippen LogP contribution is 2.19. The van der Waals surface area contributed by atoms with Crippen LogP contribution in [0.4, 0.5) is 0 Å². The Labute approximate surface area is 188 Å². The summed E-state index contributed by atoms with van der Waals surface area (Å²) < 4.78 is 8.14. The van der Waals surface area contributed by atoms with Crippen molar-refractivity contribution in [2.75, 3.05) is 13.7 Å². The van der Waals surface area contributed by atoms with E-state index in [1.807, 2.05) is 37.3 Å². The van der Waals surface area contributed by atoms with Gasteiger partial charge in [-0.1, -0.05) is 36.4 Å². The van der Waals surface area contributed by atoms with Crippen LogP contribution in [-0.4, -0.2) is 33.6 Å². The number of carbonyl (C=O) groups is 1. The summed E-state index contributed by atoms with van der Waals surface area (Å²) >= 11 is 1.25. The van der Waals surface area contributed by atoms with E-state index in [0.29, 0.717) is 34.7 Å². The Kier molecular flexibility index (Phi) is 6.23. The summed E-state index contributed by atoms with van der Waals surface area (Å²) in [6, 6.07) is 18.2. The largest absolute Gasteiger partial charge is 0.497 e. The minimum atomic E-state index is -0.557. The van der Waals surface area contributed by atoms with Crippen molar-refractivity contribution in [3.8, 4) is 11.4 Å². The lowest BCUT2D eigenvalue weighted by atomic mass is 10.2. The van der Waals surface area contributed by atoms with Crippen LogP contribution in [0.25, 0.3) is 15.9 Å². The molecule has 0 radical (unpaired) electrons. The number of methoxy groups -OCH3 is 1. The van der Waals surface area contributed by atoms with Gasteiger partial charge in [0.2, 0.25) is 5.91 Å². The topological polar surface area (TPSA) is 73.5 Å². The molecule has 0 bridgehead atoms. The maximum Gasteiger partial charge on any atom is 0.336 e. The van der Waals surface area contributed by atoms with Gasteiger partial charge in [-0.3, -0.25) is 14.2 Å². The Morgan fingerprint density at radius 3 is 2.56 bits per heavy atom. The number of aromatic nitrogens is 2. The molecule has 0 spiro atoms. The smallest absolute Gasteiger partial charge is 0.336 e. The molecule has 0 aliphatic carbocycles. The molecular weight excluding hydrogens is 426 g/mol. The van der Waals surface area contributed by atoms with Gasteiger partial charge in [-0.05, 0) is 36.1 Å². The molecule has 0 N–H and O–H groups in total. The van der Waals surface area contributed by atoms with E-state index in [9.17, 15) is 14.4 Å². The lowest BCUT2D eigenvalue weighted by molar-refractivity contribution is -0.132. The number of nitrogens with zero attached hydrogens (tertiary/aromatic N) is 3. The number of ether oxygens (including phenoxy) is 1. The maximum atomic E-state index is 13.4. The molecule has 2 heterocycles. The monoisotopic (exact) mass is 449 g/mol. The second-order valence-corrected chi connectivity index (χ2v) is 8.16. The molecule has 0 unspecified atom stereocenters. The van der Waals surface area contributed by atoms with E-state index >= 15 is 0 Å². The Morgan fingerprint density at radius 1 is 1.06 bits per heavy atom. The lowest BCUT2D eigenvalue weighted by Gasteiger charge is -2.22. The van der Waals surface area contributed by atoms with Crippen molar-refractivity contribution in [3.63, 3.8) is 0 Å². The van der Waals surface area contributed by atoms with Gasteiger partial charge in [0.25, 0.3) is 5.56 Å². The highest BCUT2D eigenvalue weighted by atomic mass is 32.1. The van der Waals surface area contributed by atoms with Gasteiger partial charge in [0.05, 0.1) is 18.3 Å². The summed E-state index contributed by atoms with van der Waals surface area (Å²) in [6.45, 7) is 2.70. The molecule has 0 aliphatic rings. The van der Waals surface area contributed by atoms with Crippen molar-refractivity contribution in [1.82, 2.24) is 14.0 Å². The number of hydrogen-bond acceptors (Lipinski definition) is 5. The Bertz CT molecular complexity index is 1370. The first-order chi connectivity index (χ1) is 15.5. The number of carbonyl (C=O) groups excluding carboxylic acids is 1. The average molecular weight is 450 g/mol. The highest BCUT2D eigenvalue weighted by molar-refractivity contribution is 7.17. The van der Waals surface area contributed by atoms with Crippen molar-refractivity contribution in [2.24, 2.45) is 0 Å². The van der Waals surface area contributed by atoms with Crippen LogP contribution in [0.15, 0.2) is 75.6 Å². The SMILES string of the molecule is CCN(Cc1ccccc1)C(=O)Cn1c(=O)n(-c2cccc(OC)c2)c(=O)c2sccc21. The number of fused-ring (bicyclic) bond motifs is 1. The fourth-order valence-corrected chi connectivity index (χ4v) is 4.46. The molecule has 2 aromatic carbocycles. The van der Waals surface area contributed by atoms with Crippen molar-refractivity contribution in [2.45, 2.75) is 20.0 Å². The minimum absolute atomic E-state index is 0.156. The standard InChI is InChI=1S/C24H23N3O4S/c1-3-25(15-17-8-5-4-6-9-17)21(28)16-26-20-12-13-32-22(20)23(29)27(24(26)30)18-10-7-11-19(14-18)31-2/h4-14H,3,15-16H2,1-2H3. The van der Waals surface area contributed by atoms with Gasteiger partial charge >= 0.3 is 5.69 Å². The van der Waals surface area contributed by atoms with Crippen LogP contribution < -0.4 is 16.0 Å². The van der Waals surface area contributed by atoms with Gasteiger partial charge in [-0.2, -0.15) is 0 Å². The first-order valence-corrected chi connectivity index (χ1v) is 11.1. The first kappa shape index (κ1) is 21.6. The molecule has 0 aliphatic heterocycles. The van der Waals surface area contributed by atoms with Gasteiger partial charge in [0.15, 0.2) is 0 Å². The summed E-state index contributed by atoms with van der Waals surface area (Å²) in [5.41, 5.74) is 0.907. The van der Waals surface area contributed by atoms with Gasteiger partial charge in [-0.25, -0.2) is 9.36 Å². The van der Waals surface area contributed by atoms with E-state index in [2.05, 4.69) is 0 Å². The highest BCUT2D eigenvalue weighted by Gasteiger charge is 2.20. The van der Waals surface area contributed by atoms with E-state index in [4.69, 9.17) is 4.74 Å². The van der Waals surface area contributed by atoms with Crippen LogP contribution in [0, 0.1) is 0 Å². The van der Waals surface area contributed by atoms with Crippen molar-refractivity contribution in [3.05, 3.63) is 92.4 Å². The lowest BCUT2D eigenvalue weighted by Crippen LogP contribution is -2.42. The van der Waals surface area contributed by atoms with Crippen LogP contribution in [0.3, 0.4) is 0 Å². The normalized spacial score (nSPS) is 10.9. The number of amides is 1. The van der Waals surface area contributed by atoms with Crippen LogP contribution in [0.2, 0.25) is 0 Å². The second kappa shape index (κ2) is 9.23. The minimum Gasteiger partial charge on any atom is -0.497 e. The Balaban J connectivity index is 1.77. The molecule has 32 heavy (non-hydrogen) atoms. The van der Waals surface area contributed by atoms with Gasteiger partial charge in [-0.15, -0.1) is 11.3 Å². The Hall–Kier alpha value is -3.65. The van der Waals surface area contributed by atoms with E-state index in [-0.39, 0.29) is 12.5 Å². The molecule has 0 atom stereocenters. The van der Waals surface area contributed by atoms with E-state index in [1.54, 1.807) is 40.6 Å². The zero-order valence-corrected chi connectivity index (χ0v) is 18.7. The molecule has 8 heteroatoms. The molecule has 4 rings (SSSR count). The number of thiophene rings is 1. The van der Waals surface area contributed by atoms with Gasteiger partial charge < -0.3 is 9.64 Å². The molecule has 164 valence electrons. The molecular formula is C24H23N3O4S. The molecule has 0 saturated carbocycles. The molecule has 4 aromatic rings. The van der Waals surface area contributed by atoms with Crippen molar-refractivity contribution in [1.29, 1.82) is 0 Å². The first-order valence-electron chi connectivity index (χ1n) is 10.2. The molecule has 1 amide bonds. The molecule has 2 aromatic heterocycles. The summed E-state index contributed by atoms with van der Waals surface area (Å²) in [5.74, 6) is 0.338. The Morgan fingerprint density at radius 2 is 1.84 bits per heavy atom. The summed E-state index contributed by atoms with van der Waals surface area (Å²) in [5, 5.41) is 1.75. The summed E-state index contributed by atoms with van der Waals surface area (Å²) in [6.07, 6.45) is 0. The zero-order chi connectivity index (χ0) is 22.7. The fraction of sp³-hybridized carbons (Fsp3) is 0.208. The van der Waals surface area contributed by atoms with Crippen LogP contribution >= 0.6 is 11.3 Å². The quantitative estimate of drug-likeness (QED) is 0.434. The van der Waals surface area contributed by atoms with Crippen LogP contribution in [0.1, 0.15) is 12.5 Å².